The number of aryl methyl sites for hydroxylation is 3. The number of nitrogens with zero attached hydrogens (tertiary/aromatic N) is 2. The summed E-state index contributed by atoms with van der Waals surface area (Å²) >= 11 is 0. The number of para-hydroxylation sites is 1. The molecular formula is C18H17N3O3. The molecule has 1 aromatic carbocycles. The Bertz CT molecular complexity index is 992. The standard InChI is InChI=1S/C18H17N3O3/c1-4-12-9-15(20-11(3)19-12)21-17(22)16-10(2)13-7-5-6-8-14(13)24-18(16)23/h5-9H,4H2,1-3H3,(H,19,20,21,22). The number of carbonyl (C=O) groups excluding carboxylic acids is 1. The summed E-state index contributed by atoms with van der Waals surface area (Å²) in [6, 6.07) is 8.82. The summed E-state index contributed by atoms with van der Waals surface area (Å²) in [4.78, 5) is 33.3. The smallest absolute Gasteiger partial charge is 0.349 e. The number of hydrogen-bond acceptors (Lipinski definition) is 5. The molecule has 0 spiro atoms. The summed E-state index contributed by atoms with van der Waals surface area (Å²) < 4.78 is 5.25. The SMILES string of the molecule is CCc1cc(NC(=O)c2c(C)c3ccccc3oc2=O)nc(C)n1. The van der Waals surface area contributed by atoms with E-state index in [-0.39, 0.29) is 5.56 Å². The minimum atomic E-state index is -0.662. The molecule has 2 aromatic heterocycles. The molecule has 0 atom stereocenters. The Morgan fingerprint density at radius 1 is 1.21 bits per heavy atom. The number of nitrogens with one attached hydrogen (secondary N) is 1. The monoisotopic (exact) mass is 323 g/mol. The van der Waals surface area contributed by atoms with Crippen molar-refractivity contribution in [3.63, 3.8) is 0 Å². The fourth-order valence-corrected chi connectivity index (χ4v) is 2.62. The highest BCUT2D eigenvalue weighted by atomic mass is 16.4. The molecule has 24 heavy (non-hydrogen) atoms. The summed E-state index contributed by atoms with van der Waals surface area (Å²) in [5, 5.41) is 3.40. The summed E-state index contributed by atoms with van der Waals surface area (Å²) in [5.74, 6) is 0.399. The Kier molecular flexibility index (Phi) is 4.12. The van der Waals surface area contributed by atoms with Gasteiger partial charge in [-0.1, -0.05) is 25.1 Å². The van der Waals surface area contributed by atoms with Gasteiger partial charge in [-0.2, -0.15) is 0 Å². The van der Waals surface area contributed by atoms with E-state index in [1.54, 1.807) is 32.0 Å². The van der Waals surface area contributed by atoms with E-state index in [2.05, 4.69) is 15.3 Å². The largest absolute Gasteiger partial charge is 0.422 e. The van der Waals surface area contributed by atoms with Crippen molar-refractivity contribution in [1.82, 2.24) is 9.97 Å². The van der Waals surface area contributed by atoms with Crippen LogP contribution in [0.4, 0.5) is 5.82 Å². The Morgan fingerprint density at radius 2 is 1.96 bits per heavy atom. The lowest BCUT2D eigenvalue weighted by atomic mass is 10.1. The molecule has 0 radical (unpaired) electrons. The first-order valence-electron chi connectivity index (χ1n) is 7.68. The molecule has 0 unspecified atom stereocenters. The summed E-state index contributed by atoms with van der Waals surface area (Å²) in [6.07, 6.45) is 0.726. The highest BCUT2D eigenvalue weighted by Gasteiger charge is 2.19. The number of amides is 1. The van der Waals surface area contributed by atoms with Crippen LogP contribution >= 0.6 is 0 Å². The molecule has 3 rings (SSSR count). The van der Waals surface area contributed by atoms with E-state index in [9.17, 15) is 9.59 Å². The van der Waals surface area contributed by atoms with Crippen molar-refractivity contribution in [1.29, 1.82) is 0 Å². The predicted molar refractivity (Wildman–Crippen MR) is 91.3 cm³/mol. The van der Waals surface area contributed by atoms with Crippen molar-refractivity contribution < 1.29 is 9.21 Å². The second-order valence-corrected chi connectivity index (χ2v) is 5.49. The lowest BCUT2D eigenvalue weighted by molar-refractivity contribution is 0.102. The molecule has 0 saturated heterocycles. The summed E-state index contributed by atoms with van der Waals surface area (Å²) in [6.45, 7) is 5.46. The first-order chi connectivity index (χ1) is 11.5. The van der Waals surface area contributed by atoms with Gasteiger partial charge in [0.15, 0.2) is 0 Å². The van der Waals surface area contributed by atoms with Gasteiger partial charge in [-0.05, 0) is 31.9 Å². The topological polar surface area (TPSA) is 85.1 Å². The molecule has 6 heteroatoms. The van der Waals surface area contributed by atoms with Gasteiger partial charge in [-0.3, -0.25) is 4.79 Å². The van der Waals surface area contributed by atoms with E-state index in [4.69, 9.17) is 4.42 Å². The van der Waals surface area contributed by atoms with Gasteiger partial charge in [0.1, 0.15) is 22.8 Å². The first kappa shape index (κ1) is 15.9. The Labute approximate surface area is 138 Å². The summed E-state index contributed by atoms with van der Waals surface area (Å²) in [5.41, 5.74) is 1.19. The van der Waals surface area contributed by atoms with Crippen LogP contribution in [0.1, 0.15) is 34.4 Å². The third-order valence-corrected chi connectivity index (χ3v) is 3.79. The van der Waals surface area contributed by atoms with Crippen molar-refractivity contribution >= 4 is 22.7 Å². The molecule has 0 aliphatic rings. The molecule has 0 fully saturated rings. The van der Waals surface area contributed by atoms with Crippen molar-refractivity contribution in [2.45, 2.75) is 27.2 Å². The lowest BCUT2D eigenvalue weighted by Crippen LogP contribution is -2.23. The molecule has 0 bridgehead atoms. The van der Waals surface area contributed by atoms with Gasteiger partial charge in [0.05, 0.1) is 0 Å². The maximum Gasteiger partial charge on any atom is 0.349 e. The molecule has 122 valence electrons. The maximum absolute atomic E-state index is 12.6. The van der Waals surface area contributed by atoms with Crippen LogP contribution in [0.15, 0.2) is 39.5 Å². The van der Waals surface area contributed by atoms with Crippen LogP contribution in [0.2, 0.25) is 0 Å². The highest BCUT2D eigenvalue weighted by molar-refractivity contribution is 6.06. The van der Waals surface area contributed by atoms with Crippen molar-refractivity contribution in [2.75, 3.05) is 5.32 Å². The van der Waals surface area contributed by atoms with Crippen LogP contribution < -0.4 is 10.9 Å². The second kappa shape index (κ2) is 6.23. The second-order valence-electron chi connectivity index (χ2n) is 5.49. The molecule has 6 nitrogen and oxygen atoms in total. The van der Waals surface area contributed by atoms with E-state index in [1.165, 1.54) is 0 Å². The van der Waals surface area contributed by atoms with E-state index < -0.39 is 11.5 Å². The zero-order valence-electron chi connectivity index (χ0n) is 13.7. The minimum Gasteiger partial charge on any atom is -0.422 e. The number of aromatic nitrogens is 2. The van der Waals surface area contributed by atoms with E-state index in [0.29, 0.717) is 22.8 Å². The quantitative estimate of drug-likeness (QED) is 0.749. The molecule has 2 heterocycles. The van der Waals surface area contributed by atoms with Gasteiger partial charge >= 0.3 is 5.63 Å². The van der Waals surface area contributed by atoms with Gasteiger partial charge in [-0.15, -0.1) is 0 Å². The van der Waals surface area contributed by atoms with Gasteiger partial charge in [0.2, 0.25) is 0 Å². The number of rotatable bonds is 3. The first-order valence-corrected chi connectivity index (χ1v) is 7.68. The van der Waals surface area contributed by atoms with Crippen LogP contribution in [-0.2, 0) is 6.42 Å². The molecule has 0 saturated carbocycles. The van der Waals surface area contributed by atoms with Crippen molar-refractivity contribution in [3.8, 4) is 0 Å². The minimum absolute atomic E-state index is 0.0111. The van der Waals surface area contributed by atoms with E-state index in [0.717, 1.165) is 17.5 Å². The molecule has 0 aliphatic carbocycles. The zero-order valence-corrected chi connectivity index (χ0v) is 13.7. The third kappa shape index (κ3) is 2.90. The number of fused-ring (bicyclic) bond motifs is 1. The number of hydrogen-bond donors (Lipinski definition) is 1. The zero-order chi connectivity index (χ0) is 17.3. The van der Waals surface area contributed by atoms with Gasteiger partial charge in [-0.25, -0.2) is 14.8 Å². The molecular weight excluding hydrogens is 306 g/mol. The third-order valence-electron chi connectivity index (χ3n) is 3.79. The van der Waals surface area contributed by atoms with Gasteiger partial charge < -0.3 is 9.73 Å². The Balaban J connectivity index is 2.03. The van der Waals surface area contributed by atoms with Crippen LogP contribution in [0.3, 0.4) is 0 Å². The van der Waals surface area contributed by atoms with Crippen LogP contribution in [-0.4, -0.2) is 15.9 Å². The highest BCUT2D eigenvalue weighted by Crippen LogP contribution is 2.19. The Morgan fingerprint density at radius 3 is 2.71 bits per heavy atom. The molecule has 1 amide bonds. The normalized spacial score (nSPS) is 10.8. The van der Waals surface area contributed by atoms with E-state index in [1.807, 2.05) is 19.1 Å². The van der Waals surface area contributed by atoms with Crippen molar-refractivity contribution in [3.05, 3.63) is 63.4 Å². The van der Waals surface area contributed by atoms with E-state index >= 15 is 0 Å². The molecule has 1 N–H and O–H groups in total. The van der Waals surface area contributed by atoms with Crippen LogP contribution in [0.5, 0.6) is 0 Å². The number of anilines is 1. The van der Waals surface area contributed by atoms with Gasteiger partial charge in [0, 0.05) is 17.1 Å². The number of carbonyl (C=O) groups is 1. The van der Waals surface area contributed by atoms with Crippen molar-refractivity contribution in [2.24, 2.45) is 0 Å². The fraction of sp³-hybridized carbons (Fsp3) is 0.222. The Hall–Kier alpha value is -3.02. The van der Waals surface area contributed by atoms with Crippen LogP contribution in [0.25, 0.3) is 11.0 Å². The summed E-state index contributed by atoms with van der Waals surface area (Å²) in [7, 11) is 0. The molecule has 3 aromatic rings. The number of benzene rings is 1. The van der Waals surface area contributed by atoms with Crippen LogP contribution in [0, 0.1) is 13.8 Å². The lowest BCUT2D eigenvalue weighted by Gasteiger charge is -2.09. The van der Waals surface area contributed by atoms with Gasteiger partial charge in [0.25, 0.3) is 5.91 Å². The predicted octanol–water partition coefficient (Wildman–Crippen LogP) is 3.01. The fourth-order valence-electron chi connectivity index (χ4n) is 2.62. The average molecular weight is 323 g/mol. The maximum atomic E-state index is 12.6. The average Bonchev–Trinajstić information content (AvgIpc) is 2.54. The molecule has 0 aliphatic heterocycles.